The Labute approximate surface area is 209 Å². The molecule has 4 atom stereocenters. The fourth-order valence-corrected chi connectivity index (χ4v) is 5.33. The van der Waals surface area contributed by atoms with Gasteiger partial charge in [-0.3, -0.25) is 4.79 Å². The van der Waals surface area contributed by atoms with Gasteiger partial charge in [0.1, 0.15) is 5.82 Å². The normalized spacial score (nSPS) is 24.2. The van der Waals surface area contributed by atoms with Crippen LogP contribution in [0.3, 0.4) is 0 Å². The van der Waals surface area contributed by atoms with Crippen molar-refractivity contribution >= 4 is 5.97 Å². The number of alkyl halides is 6. The lowest BCUT2D eigenvalue weighted by molar-refractivity contribution is -0.148. The molecular weight excluding hydrogens is 507 g/mol. The molecule has 4 rings (SSSR count). The summed E-state index contributed by atoms with van der Waals surface area (Å²) < 4.78 is 99.7. The topological polar surface area (TPSA) is 49.8 Å². The van der Waals surface area contributed by atoms with Gasteiger partial charge in [0.25, 0.3) is 0 Å². The molecule has 0 radical (unpaired) electrons. The molecule has 3 unspecified atom stereocenters. The van der Waals surface area contributed by atoms with Gasteiger partial charge in [-0.2, -0.15) is 26.3 Å². The van der Waals surface area contributed by atoms with E-state index in [9.17, 15) is 35.5 Å². The molecule has 2 fully saturated rings. The molecule has 0 amide bonds. The van der Waals surface area contributed by atoms with Crippen LogP contribution >= 0.6 is 0 Å². The SMILES string of the molecule is C[C@@H](OC1CCC(CN2CC(C(=O)O)C2)C1c1ccc(F)cc1)c1cc(C(F)(F)F)cc(C(F)(F)F)c1. The second kappa shape index (κ2) is 10.2. The molecule has 4 nitrogen and oxygen atoms in total. The quantitative estimate of drug-likeness (QED) is 0.412. The maximum absolute atomic E-state index is 13.6. The van der Waals surface area contributed by atoms with Crippen LogP contribution in [0.5, 0.6) is 0 Å². The summed E-state index contributed by atoms with van der Waals surface area (Å²) in [5.41, 5.74) is -2.30. The van der Waals surface area contributed by atoms with Gasteiger partial charge in [-0.05, 0) is 67.1 Å². The van der Waals surface area contributed by atoms with Gasteiger partial charge in [0.2, 0.25) is 0 Å². The Morgan fingerprint density at radius 3 is 2.08 bits per heavy atom. The van der Waals surface area contributed by atoms with E-state index in [0.717, 1.165) is 5.56 Å². The molecular formula is C26H26F7NO3. The highest BCUT2D eigenvalue weighted by Crippen LogP contribution is 2.45. The monoisotopic (exact) mass is 533 g/mol. The molecule has 2 aromatic carbocycles. The number of rotatable bonds is 7. The third-order valence-corrected chi connectivity index (χ3v) is 7.24. The summed E-state index contributed by atoms with van der Waals surface area (Å²) in [5, 5.41) is 9.13. The Kier molecular flexibility index (Phi) is 7.58. The van der Waals surface area contributed by atoms with Crippen molar-refractivity contribution in [2.24, 2.45) is 11.8 Å². The second-order valence-electron chi connectivity index (χ2n) is 9.82. The first kappa shape index (κ1) is 27.4. The highest BCUT2D eigenvalue weighted by molar-refractivity contribution is 5.71. The molecule has 1 saturated heterocycles. The lowest BCUT2D eigenvalue weighted by Gasteiger charge is -2.40. The van der Waals surface area contributed by atoms with Crippen LogP contribution in [0.25, 0.3) is 0 Å². The van der Waals surface area contributed by atoms with E-state index < -0.39 is 53.4 Å². The molecule has 0 aromatic heterocycles. The number of ether oxygens (including phenoxy) is 1. The van der Waals surface area contributed by atoms with Gasteiger partial charge in [-0.25, -0.2) is 4.39 Å². The predicted octanol–water partition coefficient (Wildman–Crippen LogP) is 6.52. The van der Waals surface area contributed by atoms with E-state index in [1.165, 1.54) is 19.1 Å². The molecule has 2 aromatic rings. The van der Waals surface area contributed by atoms with Gasteiger partial charge in [-0.1, -0.05) is 12.1 Å². The van der Waals surface area contributed by atoms with Crippen molar-refractivity contribution in [3.63, 3.8) is 0 Å². The number of carboxylic acid groups (broad SMARTS) is 1. The van der Waals surface area contributed by atoms with E-state index in [2.05, 4.69) is 0 Å². The first-order chi connectivity index (χ1) is 17.2. The van der Waals surface area contributed by atoms with E-state index in [4.69, 9.17) is 9.84 Å². The van der Waals surface area contributed by atoms with Crippen molar-refractivity contribution in [3.05, 3.63) is 70.5 Å². The highest BCUT2D eigenvalue weighted by atomic mass is 19.4. The molecule has 11 heteroatoms. The molecule has 1 aliphatic carbocycles. The molecule has 1 heterocycles. The third-order valence-electron chi connectivity index (χ3n) is 7.24. The van der Waals surface area contributed by atoms with Crippen molar-refractivity contribution in [1.82, 2.24) is 4.90 Å². The van der Waals surface area contributed by atoms with E-state index in [0.29, 0.717) is 44.6 Å². The summed E-state index contributed by atoms with van der Waals surface area (Å²) in [5.74, 6) is -2.06. The van der Waals surface area contributed by atoms with Crippen molar-refractivity contribution in [1.29, 1.82) is 0 Å². The van der Waals surface area contributed by atoms with Crippen molar-refractivity contribution in [2.75, 3.05) is 19.6 Å². The lowest BCUT2D eigenvalue weighted by atomic mass is 9.85. The van der Waals surface area contributed by atoms with Crippen LogP contribution < -0.4 is 0 Å². The van der Waals surface area contributed by atoms with Gasteiger partial charge < -0.3 is 14.7 Å². The minimum Gasteiger partial charge on any atom is -0.481 e. The predicted molar refractivity (Wildman–Crippen MR) is 119 cm³/mol. The molecule has 1 saturated carbocycles. The van der Waals surface area contributed by atoms with E-state index >= 15 is 0 Å². The lowest BCUT2D eigenvalue weighted by Crippen LogP contribution is -2.52. The maximum Gasteiger partial charge on any atom is 0.416 e. The summed E-state index contributed by atoms with van der Waals surface area (Å²) in [7, 11) is 0. The molecule has 1 N–H and O–H groups in total. The summed E-state index contributed by atoms with van der Waals surface area (Å²) >= 11 is 0. The Bertz CT molecular complexity index is 1080. The number of aliphatic carboxylic acids is 1. The number of benzene rings is 2. The number of halogens is 7. The van der Waals surface area contributed by atoms with Crippen LogP contribution in [0.1, 0.15) is 54.0 Å². The van der Waals surface area contributed by atoms with Gasteiger partial charge in [-0.15, -0.1) is 0 Å². The summed E-state index contributed by atoms with van der Waals surface area (Å²) in [6.07, 6.45) is -10.4. The standard InChI is InChI=1S/C26H26F7NO3/c1-14(17-8-19(25(28,29)30)10-20(9-17)26(31,32)33)37-22-7-4-16(11-34-12-18(13-34)24(35)36)23(22)15-2-5-21(27)6-3-15/h2-3,5-6,8-10,14,16,18,22-23H,4,7,11-13H2,1H3,(H,35,36)/t14-,16?,22?,23?/m1/s1. The number of nitrogens with zero attached hydrogens (tertiary/aromatic N) is 1. The van der Waals surface area contributed by atoms with Crippen molar-refractivity contribution in [2.45, 2.75) is 50.2 Å². The smallest absolute Gasteiger partial charge is 0.416 e. The van der Waals surface area contributed by atoms with Crippen LogP contribution in [0.15, 0.2) is 42.5 Å². The first-order valence-corrected chi connectivity index (χ1v) is 11.9. The Balaban J connectivity index is 1.57. The minimum absolute atomic E-state index is 0.00958. The molecule has 202 valence electrons. The van der Waals surface area contributed by atoms with Crippen molar-refractivity contribution < 1.29 is 45.4 Å². The number of carbonyl (C=O) groups is 1. The Morgan fingerprint density at radius 1 is 1.00 bits per heavy atom. The van der Waals surface area contributed by atoms with E-state index in [-0.39, 0.29) is 23.5 Å². The zero-order valence-electron chi connectivity index (χ0n) is 19.8. The Morgan fingerprint density at radius 2 is 1.57 bits per heavy atom. The molecule has 0 bridgehead atoms. The van der Waals surface area contributed by atoms with Crippen molar-refractivity contribution in [3.8, 4) is 0 Å². The maximum atomic E-state index is 13.6. The van der Waals surface area contributed by atoms with Crippen LogP contribution in [0.4, 0.5) is 30.7 Å². The number of hydrogen-bond donors (Lipinski definition) is 1. The van der Waals surface area contributed by atoms with Gasteiger partial charge in [0.15, 0.2) is 0 Å². The number of hydrogen-bond acceptors (Lipinski definition) is 3. The zero-order chi connectivity index (χ0) is 27.1. The minimum atomic E-state index is -4.96. The van der Waals surface area contributed by atoms with E-state index in [1.54, 1.807) is 12.1 Å². The van der Waals surface area contributed by atoms with E-state index in [1.807, 2.05) is 4.90 Å². The summed E-state index contributed by atoms with van der Waals surface area (Å²) in [6, 6.07) is 7.20. The fourth-order valence-electron chi connectivity index (χ4n) is 5.33. The third kappa shape index (κ3) is 6.26. The summed E-state index contributed by atoms with van der Waals surface area (Å²) in [6.45, 7) is 2.77. The average molecular weight is 533 g/mol. The van der Waals surface area contributed by atoms with Crippen LogP contribution in [0, 0.1) is 17.7 Å². The van der Waals surface area contributed by atoms with Gasteiger partial charge in [0.05, 0.1) is 29.3 Å². The summed E-state index contributed by atoms with van der Waals surface area (Å²) in [4.78, 5) is 13.1. The Hall–Kier alpha value is -2.66. The van der Waals surface area contributed by atoms with Gasteiger partial charge in [0, 0.05) is 25.6 Å². The highest BCUT2D eigenvalue weighted by Gasteiger charge is 2.43. The number of carboxylic acids is 1. The largest absolute Gasteiger partial charge is 0.481 e. The first-order valence-electron chi connectivity index (χ1n) is 11.9. The van der Waals surface area contributed by atoms with Crippen LogP contribution in [-0.2, 0) is 21.9 Å². The van der Waals surface area contributed by atoms with Crippen LogP contribution in [-0.4, -0.2) is 41.7 Å². The molecule has 0 spiro atoms. The average Bonchev–Trinajstić information content (AvgIpc) is 3.16. The molecule has 37 heavy (non-hydrogen) atoms. The van der Waals surface area contributed by atoms with Crippen LogP contribution in [0.2, 0.25) is 0 Å². The fraction of sp³-hybridized carbons (Fsp3) is 0.500. The van der Waals surface area contributed by atoms with Gasteiger partial charge >= 0.3 is 18.3 Å². The zero-order valence-corrected chi connectivity index (χ0v) is 19.8. The molecule has 2 aliphatic rings. The molecule has 1 aliphatic heterocycles. The number of likely N-dealkylation sites (tertiary alicyclic amines) is 1. The second-order valence-corrected chi connectivity index (χ2v) is 9.82.